The molecule has 2 amide bonds. The van der Waals surface area contributed by atoms with Crippen LogP contribution in [0, 0.1) is 13.8 Å². The minimum Gasteiger partial charge on any atom is -0.388 e. The number of amides is 2. The fourth-order valence-corrected chi connectivity index (χ4v) is 7.17. The number of aromatic nitrogens is 3. The van der Waals surface area contributed by atoms with Crippen LogP contribution in [0.3, 0.4) is 0 Å². The third-order valence-corrected chi connectivity index (χ3v) is 10.4. The fourth-order valence-electron chi connectivity index (χ4n) is 5.93. The van der Waals surface area contributed by atoms with E-state index in [1.807, 2.05) is 35.3 Å². The van der Waals surface area contributed by atoms with Crippen LogP contribution >= 0.6 is 30.3 Å². The molecule has 3 heterocycles. The summed E-state index contributed by atoms with van der Waals surface area (Å²) in [7, 11) is 5.07. The molecule has 4 aromatic rings. The lowest BCUT2D eigenvalue weighted by Gasteiger charge is -2.30. The van der Waals surface area contributed by atoms with Crippen molar-refractivity contribution in [1.82, 2.24) is 29.1 Å². The first kappa shape index (κ1) is 31.0. The van der Waals surface area contributed by atoms with Crippen molar-refractivity contribution >= 4 is 53.3 Å². The largest absolute Gasteiger partial charge is 0.388 e. The highest BCUT2D eigenvalue weighted by atomic mass is 127. The van der Waals surface area contributed by atoms with Crippen LogP contribution in [0.5, 0.6) is 0 Å². The molecule has 0 radical (unpaired) electrons. The van der Waals surface area contributed by atoms with Crippen molar-refractivity contribution in [2.45, 2.75) is 51.7 Å². The summed E-state index contributed by atoms with van der Waals surface area (Å²) in [5.74, 6) is -0.0228. The van der Waals surface area contributed by atoms with Gasteiger partial charge in [-0.3, -0.25) is 18.5 Å². The van der Waals surface area contributed by atoms with E-state index >= 15 is 0 Å². The molecule has 1 saturated carbocycles. The van der Waals surface area contributed by atoms with E-state index in [1.54, 1.807) is 28.1 Å². The van der Waals surface area contributed by atoms with Gasteiger partial charge in [0.15, 0.2) is 5.65 Å². The summed E-state index contributed by atoms with van der Waals surface area (Å²) in [6.07, 6.45) is 6.81. The maximum absolute atomic E-state index is 12.6. The Bertz CT molecular complexity index is 1770. The second-order valence-corrected chi connectivity index (χ2v) is 14.0. The zero-order valence-corrected chi connectivity index (χ0v) is 28.5. The lowest BCUT2D eigenvalue weighted by molar-refractivity contribution is -0.122. The van der Waals surface area contributed by atoms with Crippen molar-refractivity contribution in [2.24, 2.45) is 0 Å². The molecule has 1 fully saturated rings. The third-order valence-electron chi connectivity index (χ3n) is 8.74. The number of hydrogen-bond donors (Lipinski definition) is 2. The molecule has 2 aromatic carbocycles. The van der Waals surface area contributed by atoms with Gasteiger partial charge in [-0.05, 0) is 79.1 Å². The summed E-state index contributed by atoms with van der Waals surface area (Å²) in [6.45, 7) is 6.86. The van der Waals surface area contributed by atoms with Gasteiger partial charge in [-0.2, -0.15) is 0 Å². The second-order valence-electron chi connectivity index (χ2n) is 12.3. The van der Waals surface area contributed by atoms with Gasteiger partial charge >= 0.3 is 0 Å². The van der Waals surface area contributed by atoms with E-state index in [0.29, 0.717) is 25.1 Å². The fraction of sp³-hybridized carbons (Fsp3) is 0.394. The van der Waals surface area contributed by atoms with Crippen LogP contribution in [-0.4, -0.2) is 80.0 Å². The molecule has 6 rings (SSSR count). The van der Waals surface area contributed by atoms with Crippen molar-refractivity contribution in [3.63, 3.8) is 0 Å². The number of aryl methyl sites for hydroxylation is 2. The molecule has 2 N–H and O–H groups in total. The molecule has 230 valence electrons. The van der Waals surface area contributed by atoms with E-state index in [9.17, 15) is 14.7 Å². The first-order valence-corrected chi connectivity index (χ1v) is 18.2. The second kappa shape index (κ2) is 12.4. The number of carbonyl (C=O) groups is 2. The number of hydrogen-bond acceptors (Lipinski definition) is 7. The minimum absolute atomic E-state index is 0.00818. The quantitative estimate of drug-likeness (QED) is 0.226. The Labute approximate surface area is 274 Å². The molecular weight excluding hydrogens is 687 g/mol. The maximum Gasteiger partial charge on any atom is 0.253 e. The zero-order chi connectivity index (χ0) is 31.2. The number of aliphatic hydroxyl groups is 1. The van der Waals surface area contributed by atoms with Gasteiger partial charge in [-0.1, -0.05) is 12.1 Å². The number of carbonyl (C=O) groups excluding carboxylic acids is 2. The Hall–Kier alpha value is -3.00. The third kappa shape index (κ3) is 6.37. The standard InChI is InChI=1S/C33H37IN6O3S/c1-20-14-23(15-24-17-39(11-7-25(20)24)12-8-29(41)36-19-33(43)9-10-33)28-16-35-31-30(37-28)27(18-40(31)44-34)22-5-6-26(21(2)13-22)32(42)38(3)4/h5-6,13-16,18,43H,7-12,17,19H2,1-4H3,(H,36,41). The highest BCUT2D eigenvalue weighted by Gasteiger charge is 2.40. The number of nitrogens with zero attached hydrogens (tertiary/aromatic N) is 5. The normalized spacial score (nSPS) is 15.7. The Morgan fingerprint density at radius 1 is 1.14 bits per heavy atom. The number of nitrogens with one attached hydrogen (secondary N) is 1. The van der Waals surface area contributed by atoms with Gasteiger partial charge in [0.25, 0.3) is 5.91 Å². The Kier molecular flexibility index (Phi) is 8.75. The van der Waals surface area contributed by atoms with E-state index in [1.165, 1.54) is 16.7 Å². The molecule has 0 spiro atoms. The lowest BCUT2D eigenvalue weighted by Crippen LogP contribution is -2.37. The van der Waals surface area contributed by atoms with Crippen molar-refractivity contribution in [3.05, 3.63) is 70.5 Å². The topological polar surface area (TPSA) is 104 Å². The average Bonchev–Trinajstić information content (AvgIpc) is 3.64. The van der Waals surface area contributed by atoms with Gasteiger partial charge in [-0.25, -0.2) is 9.97 Å². The summed E-state index contributed by atoms with van der Waals surface area (Å²) < 4.78 is 2.02. The van der Waals surface area contributed by atoms with Crippen LogP contribution in [-0.2, 0) is 17.8 Å². The molecule has 1 aliphatic heterocycles. The Morgan fingerprint density at radius 3 is 2.61 bits per heavy atom. The number of fused-ring (bicyclic) bond motifs is 2. The van der Waals surface area contributed by atoms with Crippen LogP contribution < -0.4 is 5.32 Å². The number of benzene rings is 2. The van der Waals surface area contributed by atoms with Gasteiger partial charge in [0.05, 0.1) is 17.5 Å². The monoisotopic (exact) mass is 724 g/mol. The molecule has 0 unspecified atom stereocenters. The SMILES string of the molecule is Cc1cc(-c2cn(SI)c3ncc(-c4cc(C)c5c(c4)CN(CCC(=O)NCC4(O)CC4)CC5)nc23)ccc1C(=O)N(C)C. The van der Waals surface area contributed by atoms with Crippen LogP contribution in [0.1, 0.15) is 51.9 Å². The molecule has 44 heavy (non-hydrogen) atoms. The van der Waals surface area contributed by atoms with Crippen molar-refractivity contribution in [3.8, 4) is 22.4 Å². The number of halogens is 1. The van der Waals surface area contributed by atoms with Gasteiger partial charge in [0.1, 0.15) is 5.52 Å². The summed E-state index contributed by atoms with van der Waals surface area (Å²) in [5.41, 5.74) is 10.2. The van der Waals surface area contributed by atoms with E-state index in [0.717, 1.165) is 71.5 Å². The Balaban J connectivity index is 1.26. The van der Waals surface area contributed by atoms with E-state index in [2.05, 4.69) is 56.7 Å². The molecule has 2 aromatic heterocycles. The average molecular weight is 725 g/mol. The maximum atomic E-state index is 12.6. The first-order valence-electron chi connectivity index (χ1n) is 14.9. The molecule has 11 heteroatoms. The molecule has 0 atom stereocenters. The summed E-state index contributed by atoms with van der Waals surface area (Å²) in [6, 6.07) is 10.4. The summed E-state index contributed by atoms with van der Waals surface area (Å²) in [4.78, 5) is 38.9. The molecule has 0 bridgehead atoms. The predicted molar refractivity (Wildman–Crippen MR) is 184 cm³/mol. The van der Waals surface area contributed by atoms with Crippen LogP contribution in [0.4, 0.5) is 0 Å². The predicted octanol–water partition coefficient (Wildman–Crippen LogP) is 5.32. The summed E-state index contributed by atoms with van der Waals surface area (Å²) in [5, 5.41) is 12.9. The Morgan fingerprint density at radius 2 is 1.91 bits per heavy atom. The van der Waals surface area contributed by atoms with Crippen molar-refractivity contribution in [2.75, 3.05) is 33.7 Å². The van der Waals surface area contributed by atoms with Gasteiger partial charge < -0.3 is 15.3 Å². The molecule has 9 nitrogen and oxygen atoms in total. The van der Waals surface area contributed by atoms with Crippen LogP contribution in [0.2, 0.25) is 0 Å². The molecule has 1 aliphatic carbocycles. The van der Waals surface area contributed by atoms with Gasteiger partial charge in [0, 0.05) is 99.9 Å². The van der Waals surface area contributed by atoms with E-state index in [4.69, 9.17) is 9.97 Å². The summed E-state index contributed by atoms with van der Waals surface area (Å²) >= 11 is 2.25. The van der Waals surface area contributed by atoms with Crippen LogP contribution in [0.25, 0.3) is 33.5 Å². The highest BCUT2D eigenvalue weighted by Crippen LogP contribution is 2.36. The van der Waals surface area contributed by atoms with E-state index < -0.39 is 5.60 Å². The van der Waals surface area contributed by atoms with Crippen LogP contribution in [0.15, 0.2) is 42.7 Å². The smallest absolute Gasteiger partial charge is 0.253 e. The van der Waals surface area contributed by atoms with Gasteiger partial charge in [-0.15, -0.1) is 0 Å². The molecule has 2 aliphatic rings. The zero-order valence-electron chi connectivity index (χ0n) is 25.5. The minimum atomic E-state index is -0.673. The first-order chi connectivity index (χ1) is 21.0. The van der Waals surface area contributed by atoms with Gasteiger partial charge in [0.2, 0.25) is 5.91 Å². The molecular formula is C33H37IN6O3S. The van der Waals surface area contributed by atoms with Crippen molar-refractivity contribution in [1.29, 1.82) is 0 Å². The lowest BCUT2D eigenvalue weighted by atomic mass is 9.92. The highest BCUT2D eigenvalue weighted by molar-refractivity contribution is 14.2. The number of rotatable bonds is 9. The van der Waals surface area contributed by atoms with Crippen molar-refractivity contribution < 1.29 is 14.7 Å². The van der Waals surface area contributed by atoms with E-state index in [-0.39, 0.29) is 11.8 Å². The molecule has 0 saturated heterocycles.